The molecule has 2 N–H and O–H groups in total. The van der Waals surface area contributed by atoms with Crippen LogP contribution in [0.5, 0.6) is 5.75 Å². The smallest absolute Gasteiger partial charge is 0.287 e. The van der Waals surface area contributed by atoms with Gasteiger partial charge in [0.25, 0.3) is 5.91 Å². The Kier molecular flexibility index (Phi) is 8.39. The zero-order chi connectivity index (χ0) is 20.4. The van der Waals surface area contributed by atoms with Crippen LogP contribution < -0.4 is 15.4 Å². The first-order chi connectivity index (χ1) is 13.5. The van der Waals surface area contributed by atoms with Crippen LogP contribution in [0, 0.1) is 13.8 Å². The van der Waals surface area contributed by atoms with Gasteiger partial charge in [-0.15, -0.1) is 0 Å². The van der Waals surface area contributed by atoms with E-state index in [0.29, 0.717) is 32.0 Å². The number of nitrogens with one attached hydrogen (secondary N) is 2. The van der Waals surface area contributed by atoms with Gasteiger partial charge in [-0.05, 0) is 38.5 Å². The number of aryl methyl sites for hydroxylation is 2. The van der Waals surface area contributed by atoms with Gasteiger partial charge in [-0.25, -0.2) is 0 Å². The maximum absolute atomic E-state index is 12.0. The third-order valence-electron chi connectivity index (χ3n) is 4.28. The Hall–Kier alpha value is -2.96. The Morgan fingerprint density at radius 2 is 1.86 bits per heavy atom. The minimum absolute atomic E-state index is 0.183. The van der Waals surface area contributed by atoms with Crippen molar-refractivity contribution in [3.63, 3.8) is 0 Å². The summed E-state index contributed by atoms with van der Waals surface area (Å²) in [6.07, 6.45) is 2.30. The van der Waals surface area contributed by atoms with E-state index in [-0.39, 0.29) is 5.91 Å². The summed E-state index contributed by atoms with van der Waals surface area (Å²) in [7, 11) is 3.72. The Morgan fingerprint density at radius 3 is 2.50 bits per heavy atom. The van der Waals surface area contributed by atoms with Crippen molar-refractivity contribution in [3.05, 3.63) is 53.5 Å². The number of amides is 1. The molecule has 1 heterocycles. The van der Waals surface area contributed by atoms with Crippen LogP contribution in [0.4, 0.5) is 0 Å². The maximum atomic E-state index is 12.0. The van der Waals surface area contributed by atoms with Crippen LogP contribution in [0.2, 0.25) is 0 Å². The average Bonchev–Trinajstić information content (AvgIpc) is 3.12. The summed E-state index contributed by atoms with van der Waals surface area (Å²) in [6.45, 7) is 6.44. The van der Waals surface area contributed by atoms with Crippen LogP contribution >= 0.6 is 0 Å². The van der Waals surface area contributed by atoms with E-state index >= 15 is 0 Å². The number of ether oxygens (including phenoxy) is 1. The van der Waals surface area contributed by atoms with Crippen LogP contribution in [0.15, 0.2) is 46.0 Å². The molecular weight excluding hydrogens is 356 g/mol. The van der Waals surface area contributed by atoms with Crippen molar-refractivity contribution in [3.8, 4) is 5.75 Å². The number of hydrogen-bond donors (Lipinski definition) is 2. The molecular formula is C21H30N4O3. The van der Waals surface area contributed by atoms with E-state index in [1.54, 1.807) is 13.1 Å². The van der Waals surface area contributed by atoms with E-state index in [9.17, 15) is 4.79 Å². The van der Waals surface area contributed by atoms with E-state index in [2.05, 4.69) is 22.5 Å². The van der Waals surface area contributed by atoms with Crippen LogP contribution in [0.25, 0.3) is 0 Å². The van der Waals surface area contributed by atoms with Gasteiger partial charge in [0.1, 0.15) is 12.4 Å². The number of rotatable bonds is 9. The Bertz CT molecular complexity index is 768. The SMILES string of the molecule is CN=C(NCCCNC(=O)c1occc1C)N(C)CCOc1ccc(C)cc1. The van der Waals surface area contributed by atoms with Gasteiger partial charge >= 0.3 is 0 Å². The Morgan fingerprint density at radius 1 is 1.14 bits per heavy atom. The first-order valence-corrected chi connectivity index (χ1v) is 9.45. The number of carbonyl (C=O) groups excluding carboxylic acids is 1. The van der Waals surface area contributed by atoms with E-state index in [4.69, 9.17) is 9.15 Å². The standard InChI is InChI=1S/C21H30N4O3/c1-16-6-8-18(9-7-16)27-15-13-25(4)21(22-3)24-12-5-11-23-20(26)19-17(2)10-14-28-19/h6-10,14H,5,11-13,15H2,1-4H3,(H,22,24)(H,23,26). The summed E-state index contributed by atoms with van der Waals surface area (Å²) in [5.74, 6) is 1.85. The number of furan rings is 1. The molecule has 1 aromatic carbocycles. The lowest BCUT2D eigenvalue weighted by molar-refractivity contribution is 0.0925. The molecule has 0 spiro atoms. The summed E-state index contributed by atoms with van der Waals surface area (Å²) < 4.78 is 10.9. The molecule has 0 fully saturated rings. The van der Waals surface area contributed by atoms with Gasteiger partial charge in [0.15, 0.2) is 11.7 Å². The largest absolute Gasteiger partial charge is 0.492 e. The molecule has 28 heavy (non-hydrogen) atoms. The van der Waals surface area contributed by atoms with Crippen LogP contribution in [-0.2, 0) is 0 Å². The highest BCUT2D eigenvalue weighted by atomic mass is 16.5. The predicted molar refractivity (Wildman–Crippen MR) is 111 cm³/mol. The van der Waals surface area contributed by atoms with Gasteiger partial charge < -0.3 is 24.7 Å². The minimum atomic E-state index is -0.183. The van der Waals surface area contributed by atoms with Crippen LogP contribution in [-0.4, -0.2) is 57.1 Å². The van der Waals surface area contributed by atoms with Crippen molar-refractivity contribution in [1.29, 1.82) is 0 Å². The van der Waals surface area contributed by atoms with E-state index in [1.165, 1.54) is 11.8 Å². The quantitative estimate of drug-likeness (QED) is 0.393. The molecule has 0 saturated heterocycles. The lowest BCUT2D eigenvalue weighted by Gasteiger charge is -2.22. The van der Waals surface area contributed by atoms with Gasteiger partial charge in [-0.2, -0.15) is 0 Å². The number of guanidine groups is 1. The molecule has 0 aliphatic rings. The number of aliphatic imine (C=N–C) groups is 1. The van der Waals surface area contributed by atoms with Gasteiger partial charge in [-0.3, -0.25) is 9.79 Å². The number of carbonyl (C=O) groups is 1. The lowest BCUT2D eigenvalue weighted by Crippen LogP contribution is -2.41. The maximum Gasteiger partial charge on any atom is 0.287 e. The van der Waals surface area contributed by atoms with Crippen molar-refractivity contribution in [2.45, 2.75) is 20.3 Å². The highest BCUT2D eigenvalue weighted by Gasteiger charge is 2.11. The number of hydrogen-bond acceptors (Lipinski definition) is 4. The molecule has 0 aliphatic carbocycles. The van der Waals surface area contributed by atoms with Crippen molar-refractivity contribution in [2.75, 3.05) is 40.3 Å². The van der Waals surface area contributed by atoms with Crippen molar-refractivity contribution in [1.82, 2.24) is 15.5 Å². The monoisotopic (exact) mass is 386 g/mol. The van der Waals surface area contributed by atoms with Gasteiger partial charge in [0.2, 0.25) is 0 Å². The van der Waals surface area contributed by atoms with E-state index in [1.807, 2.05) is 43.1 Å². The van der Waals surface area contributed by atoms with Gasteiger partial charge in [0, 0.05) is 32.7 Å². The Balaban J connectivity index is 1.62. The molecule has 1 amide bonds. The molecule has 0 radical (unpaired) electrons. The Labute approximate surface area is 166 Å². The molecule has 7 heteroatoms. The number of benzene rings is 1. The second-order valence-corrected chi connectivity index (χ2v) is 6.60. The summed E-state index contributed by atoms with van der Waals surface area (Å²) in [5.41, 5.74) is 2.05. The second kappa shape index (κ2) is 11.0. The second-order valence-electron chi connectivity index (χ2n) is 6.60. The van der Waals surface area contributed by atoms with E-state index in [0.717, 1.165) is 23.7 Å². The van der Waals surface area contributed by atoms with E-state index < -0.39 is 0 Å². The molecule has 2 aromatic rings. The first-order valence-electron chi connectivity index (χ1n) is 9.45. The average molecular weight is 386 g/mol. The highest BCUT2D eigenvalue weighted by molar-refractivity contribution is 5.92. The third-order valence-corrected chi connectivity index (χ3v) is 4.28. The third kappa shape index (κ3) is 6.64. The van der Waals surface area contributed by atoms with Crippen LogP contribution in [0.3, 0.4) is 0 Å². The first kappa shape index (κ1) is 21.3. The predicted octanol–water partition coefficient (Wildman–Crippen LogP) is 2.60. The minimum Gasteiger partial charge on any atom is -0.492 e. The number of nitrogens with zero attached hydrogens (tertiary/aromatic N) is 2. The molecule has 7 nitrogen and oxygen atoms in total. The molecule has 0 saturated carbocycles. The zero-order valence-corrected chi connectivity index (χ0v) is 17.1. The zero-order valence-electron chi connectivity index (χ0n) is 17.1. The molecule has 152 valence electrons. The van der Waals surface area contributed by atoms with Crippen LogP contribution in [0.1, 0.15) is 28.1 Å². The molecule has 1 aromatic heterocycles. The summed E-state index contributed by atoms with van der Waals surface area (Å²) in [5, 5.41) is 6.15. The molecule has 2 rings (SSSR count). The fourth-order valence-electron chi connectivity index (χ4n) is 2.60. The van der Waals surface area contributed by atoms with Gasteiger partial charge in [-0.1, -0.05) is 17.7 Å². The summed E-state index contributed by atoms with van der Waals surface area (Å²) >= 11 is 0. The van der Waals surface area contributed by atoms with Crippen molar-refractivity contribution < 1.29 is 13.9 Å². The fourth-order valence-corrected chi connectivity index (χ4v) is 2.60. The van der Waals surface area contributed by atoms with Crippen molar-refractivity contribution >= 4 is 11.9 Å². The lowest BCUT2D eigenvalue weighted by atomic mass is 10.2. The normalized spacial score (nSPS) is 11.2. The summed E-state index contributed by atoms with van der Waals surface area (Å²) in [4.78, 5) is 18.3. The van der Waals surface area contributed by atoms with Crippen molar-refractivity contribution in [2.24, 2.45) is 4.99 Å². The van der Waals surface area contributed by atoms with Gasteiger partial charge in [0.05, 0.1) is 12.8 Å². The molecule has 0 bridgehead atoms. The molecule has 0 atom stereocenters. The molecule has 0 unspecified atom stereocenters. The summed E-state index contributed by atoms with van der Waals surface area (Å²) in [6, 6.07) is 9.79. The highest BCUT2D eigenvalue weighted by Crippen LogP contribution is 2.11. The number of likely N-dealkylation sites (N-methyl/N-ethyl adjacent to an activating group) is 1. The molecule has 0 aliphatic heterocycles. The topological polar surface area (TPSA) is 79.1 Å². The fraction of sp³-hybridized carbons (Fsp3) is 0.429.